The number of nitrogens with zero attached hydrogens (tertiary/aromatic N) is 3. The Morgan fingerprint density at radius 3 is 2.73 bits per heavy atom. The maximum Gasteiger partial charge on any atom is 0.305 e. The second kappa shape index (κ2) is 15.7. The van der Waals surface area contributed by atoms with E-state index < -0.39 is 6.10 Å². The maximum absolute atomic E-state index is 15.6. The molecule has 2 aromatic heterocycles. The highest BCUT2D eigenvalue weighted by molar-refractivity contribution is 7.16. The standard InChI is InChI=1S/C37H48FN5O4S/c1-5-37(16-8-19-43(23-37)35(46)29-12-7-11-28(40-29)24(2)3)17-20-42(4)22-26-10-6-9-25(32(26)38)15-18-39-21-31(45)27-13-14-30(44)33-34(27)48-36(47)41-33/h6-7,9-14,24,31,39,44-45H,5,8,15-23H2,1-4H3,(H,41,47)/t31-,37?/m0/s1. The second-order valence-corrected chi connectivity index (χ2v) is 14.5. The molecule has 1 amide bonds. The number of carbonyl (C=O) groups excluding carboxylic acids is 1. The smallest absolute Gasteiger partial charge is 0.305 e. The summed E-state index contributed by atoms with van der Waals surface area (Å²) in [6.07, 6.45) is 3.48. The number of amides is 1. The third-order valence-electron chi connectivity index (χ3n) is 9.76. The number of aromatic hydroxyl groups is 1. The molecule has 0 saturated carbocycles. The zero-order chi connectivity index (χ0) is 34.4. The van der Waals surface area contributed by atoms with Gasteiger partial charge in [0.15, 0.2) is 0 Å². The number of aromatic amines is 1. The Hall–Kier alpha value is -3.64. The summed E-state index contributed by atoms with van der Waals surface area (Å²) >= 11 is 0.949. The number of aliphatic hydroxyl groups is 1. The van der Waals surface area contributed by atoms with Gasteiger partial charge in [-0.1, -0.05) is 62.4 Å². The molecular weight excluding hydrogens is 630 g/mol. The fourth-order valence-electron chi connectivity index (χ4n) is 6.72. The van der Waals surface area contributed by atoms with Crippen molar-refractivity contribution in [2.24, 2.45) is 5.41 Å². The number of aromatic nitrogens is 2. The van der Waals surface area contributed by atoms with Crippen molar-refractivity contribution in [1.82, 2.24) is 25.1 Å². The second-order valence-electron chi connectivity index (χ2n) is 13.5. The number of nitrogens with one attached hydrogen (secondary N) is 2. The zero-order valence-corrected chi connectivity index (χ0v) is 29.2. The molecule has 0 aliphatic carbocycles. The van der Waals surface area contributed by atoms with Crippen LogP contribution in [-0.4, -0.2) is 75.7 Å². The lowest BCUT2D eigenvalue weighted by Crippen LogP contribution is -2.47. The molecule has 1 aliphatic rings. The van der Waals surface area contributed by atoms with Gasteiger partial charge in [0, 0.05) is 43.0 Å². The molecule has 0 radical (unpaired) electrons. The van der Waals surface area contributed by atoms with Gasteiger partial charge in [0.2, 0.25) is 0 Å². The molecule has 0 bridgehead atoms. The topological polar surface area (TPSA) is 122 Å². The van der Waals surface area contributed by atoms with E-state index in [1.165, 1.54) is 6.07 Å². The number of thiazole rings is 1. The van der Waals surface area contributed by atoms with Crippen LogP contribution < -0.4 is 10.2 Å². The summed E-state index contributed by atoms with van der Waals surface area (Å²) in [5.41, 5.74) is 3.60. The van der Waals surface area contributed by atoms with Crippen molar-refractivity contribution in [2.45, 2.75) is 71.4 Å². The molecule has 9 nitrogen and oxygen atoms in total. The lowest BCUT2D eigenvalue weighted by molar-refractivity contribution is 0.0436. The molecule has 1 fully saturated rings. The summed E-state index contributed by atoms with van der Waals surface area (Å²) < 4.78 is 16.1. The van der Waals surface area contributed by atoms with Gasteiger partial charge in [0.1, 0.15) is 22.8 Å². The Balaban J connectivity index is 1.13. The van der Waals surface area contributed by atoms with Crippen LogP contribution >= 0.6 is 11.3 Å². The van der Waals surface area contributed by atoms with Crippen molar-refractivity contribution >= 4 is 27.5 Å². The van der Waals surface area contributed by atoms with Gasteiger partial charge in [0.25, 0.3) is 5.91 Å². The lowest BCUT2D eigenvalue weighted by Gasteiger charge is -2.43. The highest BCUT2D eigenvalue weighted by Crippen LogP contribution is 2.37. The van der Waals surface area contributed by atoms with Crippen molar-refractivity contribution < 1.29 is 19.4 Å². The number of pyridine rings is 1. The highest BCUT2D eigenvalue weighted by Gasteiger charge is 2.36. The van der Waals surface area contributed by atoms with E-state index in [9.17, 15) is 19.8 Å². The van der Waals surface area contributed by atoms with E-state index in [1.54, 1.807) is 12.1 Å². The van der Waals surface area contributed by atoms with E-state index >= 15 is 4.39 Å². The van der Waals surface area contributed by atoms with Crippen molar-refractivity contribution in [2.75, 3.05) is 39.8 Å². The van der Waals surface area contributed by atoms with Crippen LogP contribution in [0.2, 0.25) is 0 Å². The Kier molecular flexibility index (Phi) is 11.7. The van der Waals surface area contributed by atoms with Gasteiger partial charge in [-0.25, -0.2) is 9.37 Å². The predicted octanol–water partition coefficient (Wildman–Crippen LogP) is 5.97. The van der Waals surface area contributed by atoms with E-state index in [1.807, 2.05) is 42.3 Å². The van der Waals surface area contributed by atoms with Crippen molar-refractivity contribution in [3.8, 4) is 5.75 Å². The molecule has 4 N–H and O–H groups in total. The van der Waals surface area contributed by atoms with Gasteiger partial charge < -0.3 is 30.3 Å². The molecule has 1 unspecified atom stereocenters. The number of fused-ring (bicyclic) bond motifs is 1. The first-order valence-corrected chi connectivity index (χ1v) is 17.8. The molecular formula is C37H48FN5O4S. The van der Waals surface area contributed by atoms with Crippen LogP contribution in [0, 0.1) is 11.2 Å². The molecule has 48 heavy (non-hydrogen) atoms. The number of H-pyrrole nitrogens is 1. The molecule has 1 aliphatic heterocycles. The minimum atomic E-state index is -0.891. The fraction of sp³-hybridized carbons (Fsp3) is 0.486. The number of hydrogen-bond acceptors (Lipinski definition) is 8. The number of hydrogen-bond donors (Lipinski definition) is 4. The number of phenols is 1. The summed E-state index contributed by atoms with van der Waals surface area (Å²) in [6.45, 7) is 9.77. The molecule has 0 spiro atoms. The van der Waals surface area contributed by atoms with E-state index in [2.05, 4.69) is 41.0 Å². The number of phenolic OH excluding ortho intramolecular Hbond substituents is 1. The van der Waals surface area contributed by atoms with Gasteiger partial charge in [-0.3, -0.25) is 9.59 Å². The van der Waals surface area contributed by atoms with Crippen LogP contribution in [0.5, 0.6) is 5.75 Å². The number of halogens is 1. The summed E-state index contributed by atoms with van der Waals surface area (Å²) in [5, 5.41) is 24.0. The van der Waals surface area contributed by atoms with Crippen LogP contribution in [0.1, 0.15) is 91.3 Å². The first-order chi connectivity index (χ1) is 23.0. The highest BCUT2D eigenvalue weighted by atomic mass is 32.1. The monoisotopic (exact) mass is 677 g/mol. The van der Waals surface area contributed by atoms with E-state index in [4.69, 9.17) is 0 Å². The average molecular weight is 678 g/mol. The van der Waals surface area contributed by atoms with Crippen LogP contribution in [0.4, 0.5) is 4.39 Å². The summed E-state index contributed by atoms with van der Waals surface area (Å²) in [5.74, 6) is 0.0191. The first kappa shape index (κ1) is 35.7. The fourth-order valence-corrected chi connectivity index (χ4v) is 7.64. The molecule has 1 saturated heterocycles. The molecule has 11 heteroatoms. The van der Waals surface area contributed by atoms with E-state index in [0.29, 0.717) is 58.7 Å². The Bertz CT molecular complexity index is 1770. The van der Waals surface area contributed by atoms with Crippen molar-refractivity contribution in [3.05, 3.63) is 92.1 Å². The Morgan fingerprint density at radius 2 is 1.96 bits per heavy atom. The number of benzene rings is 2. The van der Waals surface area contributed by atoms with Gasteiger partial charge in [0.05, 0.1) is 10.8 Å². The van der Waals surface area contributed by atoms with Crippen LogP contribution in [0.25, 0.3) is 10.2 Å². The Labute approximate surface area is 285 Å². The third kappa shape index (κ3) is 8.31. The normalized spacial score (nSPS) is 17.5. The van der Waals surface area contributed by atoms with E-state index in [-0.39, 0.29) is 40.2 Å². The molecule has 5 rings (SSSR count). The number of piperidine rings is 1. The number of carbonyl (C=O) groups is 1. The van der Waals surface area contributed by atoms with Gasteiger partial charge in [-0.15, -0.1) is 0 Å². The average Bonchev–Trinajstić information content (AvgIpc) is 3.49. The molecule has 2 atom stereocenters. The van der Waals surface area contributed by atoms with Gasteiger partial charge in [-0.2, -0.15) is 0 Å². The Morgan fingerprint density at radius 1 is 1.19 bits per heavy atom. The van der Waals surface area contributed by atoms with Crippen molar-refractivity contribution in [3.63, 3.8) is 0 Å². The summed E-state index contributed by atoms with van der Waals surface area (Å²) in [6, 6.07) is 14.3. The maximum atomic E-state index is 15.6. The number of rotatable bonds is 14. The molecule has 2 aromatic carbocycles. The quantitative estimate of drug-likeness (QED) is 0.121. The van der Waals surface area contributed by atoms with Crippen LogP contribution in [0.15, 0.2) is 53.3 Å². The summed E-state index contributed by atoms with van der Waals surface area (Å²) in [7, 11) is 2.02. The minimum absolute atomic E-state index is 0.00270. The predicted molar refractivity (Wildman–Crippen MR) is 189 cm³/mol. The molecule has 258 valence electrons. The van der Waals surface area contributed by atoms with Crippen LogP contribution in [-0.2, 0) is 13.0 Å². The summed E-state index contributed by atoms with van der Waals surface area (Å²) in [4.78, 5) is 36.3. The van der Waals surface area contributed by atoms with Gasteiger partial charge >= 0.3 is 4.87 Å². The first-order valence-electron chi connectivity index (χ1n) is 16.9. The van der Waals surface area contributed by atoms with Gasteiger partial charge in [-0.05, 0) is 87.3 Å². The SMILES string of the molecule is CCC1(CCN(C)Cc2cccc(CCNC[C@H](O)c3ccc(O)c4[nH]c(=O)sc34)c2F)CCCN(C(=O)c2cccc(C(C)C)n2)C1. The number of aliphatic hydroxyl groups excluding tert-OH is 1. The van der Waals surface area contributed by atoms with Crippen molar-refractivity contribution in [1.29, 1.82) is 0 Å². The molecule has 4 aromatic rings. The van der Waals surface area contributed by atoms with Crippen LogP contribution in [0.3, 0.4) is 0 Å². The third-order valence-corrected chi connectivity index (χ3v) is 10.7. The van der Waals surface area contributed by atoms with E-state index in [0.717, 1.165) is 55.8 Å². The number of likely N-dealkylation sites (tertiary alicyclic amines) is 1. The molecule has 3 heterocycles. The largest absolute Gasteiger partial charge is 0.506 e. The lowest BCUT2D eigenvalue weighted by atomic mass is 9.74. The minimum Gasteiger partial charge on any atom is -0.506 e. The zero-order valence-electron chi connectivity index (χ0n) is 28.4.